The molecule has 114 valence electrons. The fourth-order valence-electron chi connectivity index (χ4n) is 2.28. The second-order valence-electron chi connectivity index (χ2n) is 5.41. The number of nitrogens with zero attached hydrogens (tertiary/aromatic N) is 1. The largest absolute Gasteiger partial charge is 0.484 e. The first-order valence-electron chi connectivity index (χ1n) is 7.12. The topological polar surface area (TPSA) is 55.8 Å². The Labute approximate surface area is 124 Å². The molecule has 0 bridgehead atoms. The Kier molecular flexibility index (Phi) is 4.96. The molecular formula is C16H21NO4. The summed E-state index contributed by atoms with van der Waals surface area (Å²) in [5.41, 5.74) is 0.577. The second-order valence-corrected chi connectivity index (χ2v) is 5.41. The summed E-state index contributed by atoms with van der Waals surface area (Å²) in [4.78, 5) is 25.3. The van der Waals surface area contributed by atoms with Gasteiger partial charge in [-0.2, -0.15) is 0 Å². The lowest BCUT2D eigenvalue weighted by atomic mass is 10.1. The van der Waals surface area contributed by atoms with Crippen molar-refractivity contribution in [2.24, 2.45) is 0 Å². The van der Waals surface area contributed by atoms with Crippen LogP contribution in [0.4, 0.5) is 0 Å². The molecule has 0 aromatic heterocycles. The molecule has 0 aliphatic carbocycles. The summed E-state index contributed by atoms with van der Waals surface area (Å²) in [7, 11) is 0. The van der Waals surface area contributed by atoms with Crippen LogP contribution in [-0.4, -0.2) is 48.5 Å². The van der Waals surface area contributed by atoms with Crippen molar-refractivity contribution < 1.29 is 19.1 Å². The molecule has 1 aromatic rings. The van der Waals surface area contributed by atoms with Crippen LogP contribution in [0, 0.1) is 0 Å². The highest BCUT2D eigenvalue weighted by molar-refractivity contribution is 5.94. The third-order valence-corrected chi connectivity index (χ3v) is 3.53. The molecule has 1 aromatic carbocycles. The van der Waals surface area contributed by atoms with Gasteiger partial charge in [0, 0.05) is 12.1 Å². The normalized spacial score (nSPS) is 22.0. The highest BCUT2D eigenvalue weighted by Crippen LogP contribution is 2.15. The minimum absolute atomic E-state index is 0.0256. The molecule has 1 aliphatic rings. The Hall–Kier alpha value is -1.88. The van der Waals surface area contributed by atoms with Crippen LogP contribution in [0.5, 0.6) is 5.75 Å². The Balaban J connectivity index is 1.94. The highest BCUT2D eigenvalue weighted by atomic mass is 16.5. The lowest BCUT2D eigenvalue weighted by Crippen LogP contribution is -2.51. The van der Waals surface area contributed by atoms with E-state index in [1.165, 1.54) is 6.92 Å². The summed E-state index contributed by atoms with van der Waals surface area (Å²) >= 11 is 0. The predicted molar refractivity (Wildman–Crippen MR) is 78.5 cm³/mol. The zero-order valence-corrected chi connectivity index (χ0v) is 12.7. The fourth-order valence-corrected chi connectivity index (χ4v) is 2.28. The number of carbonyl (C=O) groups excluding carboxylic acids is 2. The quantitative estimate of drug-likeness (QED) is 0.795. The van der Waals surface area contributed by atoms with Crippen molar-refractivity contribution in [3.63, 3.8) is 0 Å². The van der Waals surface area contributed by atoms with E-state index in [-0.39, 0.29) is 30.4 Å². The minimum atomic E-state index is -0.0640. The van der Waals surface area contributed by atoms with Crippen LogP contribution in [0.15, 0.2) is 24.3 Å². The molecule has 5 nitrogen and oxygen atoms in total. The average molecular weight is 291 g/mol. The summed E-state index contributed by atoms with van der Waals surface area (Å²) in [6.07, 6.45) is 0.0474. The lowest BCUT2D eigenvalue weighted by Gasteiger charge is -2.36. The molecule has 1 amide bonds. The molecule has 2 unspecified atom stereocenters. The van der Waals surface area contributed by atoms with Gasteiger partial charge in [0.1, 0.15) is 5.75 Å². The van der Waals surface area contributed by atoms with E-state index in [9.17, 15) is 9.59 Å². The summed E-state index contributed by atoms with van der Waals surface area (Å²) in [5.74, 6) is 0.443. The van der Waals surface area contributed by atoms with Gasteiger partial charge in [-0.1, -0.05) is 12.1 Å². The van der Waals surface area contributed by atoms with Crippen molar-refractivity contribution >= 4 is 11.7 Å². The van der Waals surface area contributed by atoms with Crippen LogP contribution in [-0.2, 0) is 9.53 Å². The van der Waals surface area contributed by atoms with E-state index in [1.54, 1.807) is 29.2 Å². The fraction of sp³-hybridized carbons (Fsp3) is 0.500. The molecule has 21 heavy (non-hydrogen) atoms. The van der Waals surface area contributed by atoms with Crippen molar-refractivity contribution in [2.75, 3.05) is 19.8 Å². The molecule has 1 aliphatic heterocycles. The maximum Gasteiger partial charge on any atom is 0.260 e. The molecule has 5 heteroatoms. The molecule has 1 fully saturated rings. The van der Waals surface area contributed by atoms with E-state index in [0.717, 1.165) is 0 Å². The third kappa shape index (κ3) is 4.04. The van der Waals surface area contributed by atoms with Gasteiger partial charge in [0.2, 0.25) is 0 Å². The molecule has 0 N–H and O–H groups in total. The highest BCUT2D eigenvalue weighted by Gasteiger charge is 2.27. The van der Waals surface area contributed by atoms with Crippen LogP contribution in [0.3, 0.4) is 0 Å². The van der Waals surface area contributed by atoms with Crippen molar-refractivity contribution in [1.29, 1.82) is 0 Å². The Bertz CT molecular complexity index is 529. The summed E-state index contributed by atoms with van der Waals surface area (Å²) in [6, 6.07) is 6.92. The molecule has 0 saturated carbocycles. The summed E-state index contributed by atoms with van der Waals surface area (Å²) in [5, 5.41) is 0. The van der Waals surface area contributed by atoms with E-state index in [0.29, 0.717) is 24.5 Å². The molecule has 1 saturated heterocycles. The number of hydrogen-bond acceptors (Lipinski definition) is 4. The molecule has 0 spiro atoms. The molecule has 2 atom stereocenters. The van der Waals surface area contributed by atoms with Crippen molar-refractivity contribution in [2.45, 2.75) is 32.9 Å². The maximum absolute atomic E-state index is 12.2. The van der Waals surface area contributed by atoms with Gasteiger partial charge in [-0.15, -0.1) is 0 Å². The molecule has 2 rings (SSSR count). The standard InChI is InChI=1S/C16H21NO4/c1-11-9-20-12(2)8-17(11)16(19)10-21-15-6-4-5-14(7-15)13(3)18/h4-7,11-12H,8-10H2,1-3H3. The van der Waals surface area contributed by atoms with Crippen LogP contribution in [0.1, 0.15) is 31.1 Å². The number of amides is 1. The van der Waals surface area contributed by atoms with Crippen molar-refractivity contribution in [3.05, 3.63) is 29.8 Å². The molecule has 0 radical (unpaired) electrons. The number of carbonyl (C=O) groups is 2. The number of morpholine rings is 1. The minimum Gasteiger partial charge on any atom is -0.484 e. The Morgan fingerprint density at radius 2 is 2.14 bits per heavy atom. The van der Waals surface area contributed by atoms with E-state index in [1.807, 2.05) is 13.8 Å². The first kappa shape index (κ1) is 15.5. The summed E-state index contributed by atoms with van der Waals surface area (Å²) in [6.45, 7) is 6.51. The third-order valence-electron chi connectivity index (χ3n) is 3.53. The van der Waals surface area contributed by atoms with Crippen LogP contribution in [0.2, 0.25) is 0 Å². The van der Waals surface area contributed by atoms with E-state index < -0.39 is 0 Å². The van der Waals surface area contributed by atoms with Crippen molar-refractivity contribution in [1.82, 2.24) is 4.90 Å². The van der Waals surface area contributed by atoms with Crippen LogP contribution >= 0.6 is 0 Å². The van der Waals surface area contributed by atoms with Crippen LogP contribution < -0.4 is 4.74 Å². The maximum atomic E-state index is 12.2. The lowest BCUT2D eigenvalue weighted by molar-refractivity contribution is -0.145. The smallest absolute Gasteiger partial charge is 0.260 e. The Morgan fingerprint density at radius 3 is 2.86 bits per heavy atom. The van der Waals surface area contributed by atoms with Gasteiger partial charge in [0.05, 0.1) is 18.8 Å². The Morgan fingerprint density at radius 1 is 1.38 bits per heavy atom. The monoisotopic (exact) mass is 291 g/mol. The van der Waals surface area contributed by atoms with Crippen LogP contribution in [0.25, 0.3) is 0 Å². The average Bonchev–Trinajstić information content (AvgIpc) is 2.47. The van der Waals surface area contributed by atoms with Gasteiger partial charge in [0.15, 0.2) is 12.4 Å². The number of Topliss-reactive ketones (excluding diaryl/α,β-unsaturated/α-hetero) is 1. The predicted octanol–water partition coefficient (Wildman–Crippen LogP) is 1.90. The van der Waals surface area contributed by atoms with Crippen molar-refractivity contribution in [3.8, 4) is 5.75 Å². The first-order chi connectivity index (χ1) is 9.97. The first-order valence-corrected chi connectivity index (χ1v) is 7.12. The number of hydrogen-bond donors (Lipinski definition) is 0. The number of ether oxygens (including phenoxy) is 2. The van der Waals surface area contributed by atoms with Gasteiger partial charge < -0.3 is 14.4 Å². The van der Waals surface area contributed by atoms with E-state index in [2.05, 4.69) is 0 Å². The van der Waals surface area contributed by atoms with Gasteiger partial charge >= 0.3 is 0 Å². The van der Waals surface area contributed by atoms with Gasteiger partial charge in [0.25, 0.3) is 5.91 Å². The zero-order valence-electron chi connectivity index (χ0n) is 12.7. The molecular weight excluding hydrogens is 270 g/mol. The second kappa shape index (κ2) is 6.72. The summed E-state index contributed by atoms with van der Waals surface area (Å²) < 4.78 is 11.0. The van der Waals surface area contributed by atoms with Gasteiger partial charge in [-0.3, -0.25) is 9.59 Å². The number of benzene rings is 1. The SMILES string of the molecule is CC(=O)c1cccc(OCC(=O)N2CC(C)OCC2C)c1. The number of rotatable bonds is 4. The van der Waals surface area contributed by atoms with E-state index >= 15 is 0 Å². The van der Waals surface area contributed by atoms with Gasteiger partial charge in [-0.25, -0.2) is 0 Å². The number of ketones is 1. The van der Waals surface area contributed by atoms with E-state index in [4.69, 9.17) is 9.47 Å². The van der Waals surface area contributed by atoms with Gasteiger partial charge in [-0.05, 0) is 32.9 Å². The molecule has 1 heterocycles. The zero-order chi connectivity index (χ0) is 15.4.